The van der Waals surface area contributed by atoms with E-state index in [1.807, 2.05) is 18.2 Å². The van der Waals surface area contributed by atoms with Crippen LogP contribution in [0.5, 0.6) is 5.75 Å². The Kier molecular flexibility index (Phi) is 3.98. The van der Waals surface area contributed by atoms with Crippen LogP contribution in [0.1, 0.15) is 30.9 Å². The van der Waals surface area contributed by atoms with Gasteiger partial charge in [-0.2, -0.15) is 0 Å². The molecule has 0 bridgehead atoms. The molecule has 1 saturated heterocycles. The summed E-state index contributed by atoms with van der Waals surface area (Å²) < 4.78 is 6.79. The van der Waals surface area contributed by atoms with Crippen molar-refractivity contribution in [2.45, 2.75) is 25.3 Å². The molecule has 5 heteroatoms. The SMILES string of the molecule is O=C(O)C1CNC(c2cccc(OCC3CC3)c2Br)C1. The Bertz CT molecular complexity index is 516. The Labute approximate surface area is 126 Å². The summed E-state index contributed by atoms with van der Waals surface area (Å²) in [6, 6.07) is 6.03. The van der Waals surface area contributed by atoms with Crippen molar-refractivity contribution in [1.29, 1.82) is 0 Å². The fourth-order valence-electron chi connectivity index (χ4n) is 2.56. The lowest BCUT2D eigenvalue weighted by Crippen LogP contribution is -2.17. The number of hydrogen-bond donors (Lipinski definition) is 2. The van der Waals surface area contributed by atoms with Crippen LogP contribution in [0.3, 0.4) is 0 Å². The molecule has 1 aromatic carbocycles. The monoisotopic (exact) mass is 339 g/mol. The van der Waals surface area contributed by atoms with Crippen LogP contribution in [0.25, 0.3) is 0 Å². The molecule has 0 radical (unpaired) electrons. The molecular formula is C15H18BrNO3. The van der Waals surface area contributed by atoms with Gasteiger partial charge in [-0.25, -0.2) is 0 Å². The number of nitrogens with one attached hydrogen (secondary N) is 1. The first kappa shape index (κ1) is 13.9. The number of carboxylic acid groups (broad SMARTS) is 1. The van der Waals surface area contributed by atoms with E-state index < -0.39 is 5.97 Å². The van der Waals surface area contributed by atoms with Gasteiger partial charge < -0.3 is 15.2 Å². The minimum atomic E-state index is -0.725. The number of rotatable bonds is 5. The van der Waals surface area contributed by atoms with Crippen molar-refractivity contribution in [3.05, 3.63) is 28.2 Å². The maximum atomic E-state index is 11.0. The molecule has 1 aromatic rings. The third-order valence-corrected chi connectivity index (χ3v) is 4.87. The number of benzene rings is 1. The zero-order chi connectivity index (χ0) is 14.1. The fraction of sp³-hybridized carbons (Fsp3) is 0.533. The van der Waals surface area contributed by atoms with Crippen molar-refractivity contribution < 1.29 is 14.6 Å². The second kappa shape index (κ2) is 5.74. The molecular weight excluding hydrogens is 322 g/mol. The second-order valence-electron chi connectivity index (χ2n) is 5.65. The number of hydrogen-bond acceptors (Lipinski definition) is 3. The molecule has 2 aliphatic rings. The Hall–Kier alpha value is -1.07. The lowest BCUT2D eigenvalue weighted by molar-refractivity contribution is -0.141. The van der Waals surface area contributed by atoms with Gasteiger partial charge in [-0.3, -0.25) is 4.79 Å². The summed E-state index contributed by atoms with van der Waals surface area (Å²) in [5.41, 5.74) is 1.09. The maximum Gasteiger partial charge on any atom is 0.307 e. The highest BCUT2D eigenvalue weighted by molar-refractivity contribution is 9.10. The van der Waals surface area contributed by atoms with Gasteiger partial charge in [0.2, 0.25) is 0 Å². The van der Waals surface area contributed by atoms with Crippen LogP contribution in [0.4, 0.5) is 0 Å². The van der Waals surface area contributed by atoms with Gasteiger partial charge in [0.1, 0.15) is 5.75 Å². The highest BCUT2D eigenvalue weighted by Crippen LogP contribution is 2.38. The van der Waals surface area contributed by atoms with Crippen molar-refractivity contribution in [1.82, 2.24) is 5.32 Å². The van der Waals surface area contributed by atoms with Crippen molar-refractivity contribution in [3.8, 4) is 5.75 Å². The summed E-state index contributed by atoms with van der Waals surface area (Å²) >= 11 is 3.61. The predicted octanol–water partition coefficient (Wildman–Crippen LogP) is 2.97. The second-order valence-corrected chi connectivity index (χ2v) is 6.44. The first-order valence-corrected chi connectivity index (χ1v) is 7.82. The average Bonchev–Trinajstić information content (AvgIpc) is 3.12. The van der Waals surface area contributed by atoms with Gasteiger partial charge in [-0.15, -0.1) is 0 Å². The molecule has 2 N–H and O–H groups in total. The van der Waals surface area contributed by atoms with Crippen LogP contribution in [0.15, 0.2) is 22.7 Å². The first-order chi connectivity index (χ1) is 9.65. The molecule has 1 aliphatic heterocycles. The van der Waals surface area contributed by atoms with E-state index in [-0.39, 0.29) is 12.0 Å². The Morgan fingerprint density at radius 2 is 2.25 bits per heavy atom. The summed E-state index contributed by atoms with van der Waals surface area (Å²) in [5.74, 6) is 0.543. The van der Waals surface area contributed by atoms with Crippen molar-refractivity contribution in [3.63, 3.8) is 0 Å². The number of aliphatic carboxylic acids is 1. The van der Waals surface area contributed by atoms with Crippen molar-refractivity contribution in [2.24, 2.45) is 11.8 Å². The average molecular weight is 340 g/mol. The molecule has 20 heavy (non-hydrogen) atoms. The van der Waals surface area contributed by atoms with Crippen LogP contribution in [-0.4, -0.2) is 24.2 Å². The standard InChI is InChI=1S/C15H18BrNO3/c16-14-11(12-6-10(7-17-12)15(18)19)2-1-3-13(14)20-8-9-4-5-9/h1-3,9-10,12,17H,4-8H2,(H,18,19). The van der Waals surface area contributed by atoms with Crippen LogP contribution >= 0.6 is 15.9 Å². The first-order valence-electron chi connectivity index (χ1n) is 7.02. The molecule has 3 rings (SSSR count). The quantitative estimate of drug-likeness (QED) is 0.865. The van der Waals surface area contributed by atoms with E-state index in [1.54, 1.807) is 0 Å². The van der Waals surface area contributed by atoms with E-state index in [0.29, 0.717) is 18.9 Å². The third kappa shape index (κ3) is 2.99. The highest BCUT2D eigenvalue weighted by Gasteiger charge is 2.31. The molecule has 2 atom stereocenters. The van der Waals surface area contributed by atoms with Gasteiger partial charge in [-0.1, -0.05) is 12.1 Å². The number of carbonyl (C=O) groups is 1. The molecule has 0 spiro atoms. The van der Waals surface area contributed by atoms with Gasteiger partial charge in [0.15, 0.2) is 0 Å². The molecule has 0 amide bonds. The molecule has 2 unspecified atom stereocenters. The number of carboxylic acids is 1. The Morgan fingerprint density at radius 3 is 2.90 bits per heavy atom. The van der Waals surface area contributed by atoms with Gasteiger partial charge in [0.25, 0.3) is 0 Å². The van der Waals surface area contributed by atoms with E-state index in [9.17, 15) is 4.79 Å². The Morgan fingerprint density at radius 1 is 1.45 bits per heavy atom. The minimum absolute atomic E-state index is 0.0787. The largest absolute Gasteiger partial charge is 0.492 e. The van der Waals surface area contributed by atoms with Crippen LogP contribution < -0.4 is 10.1 Å². The summed E-state index contributed by atoms with van der Waals surface area (Å²) in [5, 5.41) is 12.4. The normalized spacial score (nSPS) is 25.6. The lowest BCUT2D eigenvalue weighted by atomic mass is 10.00. The van der Waals surface area contributed by atoms with Gasteiger partial charge >= 0.3 is 5.97 Å². The fourth-order valence-corrected chi connectivity index (χ4v) is 3.22. The van der Waals surface area contributed by atoms with Crippen LogP contribution in [-0.2, 0) is 4.79 Å². The maximum absolute atomic E-state index is 11.0. The third-order valence-electron chi connectivity index (χ3n) is 4.02. The number of ether oxygens (including phenoxy) is 1. The summed E-state index contributed by atoms with van der Waals surface area (Å²) in [6.45, 7) is 1.30. The summed E-state index contributed by atoms with van der Waals surface area (Å²) in [7, 11) is 0. The van der Waals surface area contributed by atoms with Gasteiger partial charge in [-0.05, 0) is 52.7 Å². The van der Waals surface area contributed by atoms with E-state index in [2.05, 4.69) is 21.2 Å². The molecule has 108 valence electrons. The van der Waals surface area contributed by atoms with Crippen LogP contribution in [0, 0.1) is 11.8 Å². The minimum Gasteiger partial charge on any atom is -0.492 e. The smallest absolute Gasteiger partial charge is 0.307 e. The Balaban J connectivity index is 1.72. The molecule has 0 aromatic heterocycles. The zero-order valence-corrected chi connectivity index (χ0v) is 12.7. The van der Waals surface area contributed by atoms with E-state index in [0.717, 1.165) is 22.4 Å². The van der Waals surface area contributed by atoms with E-state index in [4.69, 9.17) is 9.84 Å². The van der Waals surface area contributed by atoms with Crippen molar-refractivity contribution in [2.75, 3.05) is 13.2 Å². The molecule has 4 nitrogen and oxygen atoms in total. The molecule has 2 fully saturated rings. The highest BCUT2D eigenvalue weighted by atomic mass is 79.9. The van der Waals surface area contributed by atoms with Gasteiger partial charge in [0.05, 0.1) is 17.0 Å². The molecule has 1 heterocycles. The topological polar surface area (TPSA) is 58.6 Å². The van der Waals surface area contributed by atoms with Crippen molar-refractivity contribution >= 4 is 21.9 Å². The summed E-state index contributed by atoms with van der Waals surface area (Å²) in [6.07, 6.45) is 3.16. The van der Waals surface area contributed by atoms with Crippen LogP contribution in [0.2, 0.25) is 0 Å². The van der Waals surface area contributed by atoms with Gasteiger partial charge in [0, 0.05) is 12.6 Å². The molecule has 1 saturated carbocycles. The predicted molar refractivity (Wildman–Crippen MR) is 78.8 cm³/mol. The summed E-state index contributed by atoms with van der Waals surface area (Å²) in [4.78, 5) is 11.0. The zero-order valence-electron chi connectivity index (χ0n) is 11.1. The number of halogens is 1. The lowest BCUT2D eigenvalue weighted by Gasteiger charge is -2.16. The van der Waals surface area contributed by atoms with E-state index >= 15 is 0 Å². The van der Waals surface area contributed by atoms with E-state index in [1.165, 1.54) is 12.8 Å². The molecule has 1 aliphatic carbocycles.